The molecule has 3 rings (SSSR count). The maximum Gasteiger partial charge on any atom is 0.140 e. The maximum absolute atomic E-state index is 9.54. The van der Waals surface area contributed by atoms with Gasteiger partial charge in [0.1, 0.15) is 12.4 Å². The van der Waals surface area contributed by atoms with Crippen molar-refractivity contribution in [3.8, 4) is 0 Å². The lowest BCUT2D eigenvalue weighted by Crippen LogP contribution is -2.06. The Morgan fingerprint density at radius 2 is 2.11 bits per heavy atom. The summed E-state index contributed by atoms with van der Waals surface area (Å²) in [4.78, 5) is 1.10. The summed E-state index contributed by atoms with van der Waals surface area (Å²) in [6.07, 6.45) is 9.18. The van der Waals surface area contributed by atoms with Gasteiger partial charge in [0.05, 0.1) is 12.5 Å². The third-order valence-corrected chi connectivity index (χ3v) is 3.27. The molecule has 0 amide bonds. The number of rotatable bonds is 0. The van der Waals surface area contributed by atoms with Gasteiger partial charge in [0.25, 0.3) is 0 Å². The Morgan fingerprint density at radius 1 is 1.28 bits per heavy atom. The summed E-state index contributed by atoms with van der Waals surface area (Å²) in [5.74, 6) is 0.340. The summed E-state index contributed by atoms with van der Waals surface area (Å²) in [5.41, 5.74) is 0.917. The van der Waals surface area contributed by atoms with Crippen molar-refractivity contribution < 1.29 is 9.84 Å². The van der Waals surface area contributed by atoms with Crippen LogP contribution in [-0.4, -0.2) is 23.1 Å². The molecule has 0 spiro atoms. The van der Waals surface area contributed by atoms with Crippen molar-refractivity contribution in [2.45, 2.75) is 4.90 Å². The van der Waals surface area contributed by atoms with E-state index >= 15 is 0 Å². The summed E-state index contributed by atoms with van der Waals surface area (Å²) < 4.78 is 6.69. The standard InChI is InChI=1S/C9H9NOS.C5H6O/c1-10-6-8(11)7-4-2-3-5-9(7)12-10;1-2-4-6-5-3-1/h2-6,11H,1H3;1-4H,5H2. The smallest absolute Gasteiger partial charge is 0.140 e. The molecule has 0 saturated carbocycles. The molecule has 18 heavy (non-hydrogen) atoms. The van der Waals surface area contributed by atoms with E-state index in [0.717, 1.165) is 17.1 Å². The Bertz CT molecular complexity index is 482. The molecule has 0 radical (unpaired) electrons. The summed E-state index contributed by atoms with van der Waals surface area (Å²) in [6, 6.07) is 7.81. The average molecular weight is 261 g/mol. The molecule has 1 aromatic rings. The summed E-state index contributed by atoms with van der Waals surface area (Å²) >= 11 is 1.61. The number of fused-ring (bicyclic) bond motifs is 1. The van der Waals surface area contributed by atoms with Gasteiger partial charge in [0.15, 0.2) is 0 Å². The van der Waals surface area contributed by atoms with E-state index in [1.165, 1.54) is 0 Å². The molecule has 0 bridgehead atoms. The van der Waals surface area contributed by atoms with Crippen LogP contribution in [0.5, 0.6) is 0 Å². The third kappa shape index (κ3) is 3.34. The molecule has 0 atom stereocenters. The molecule has 0 unspecified atom stereocenters. The van der Waals surface area contributed by atoms with Crippen molar-refractivity contribution >= 4 is 17.7 Å². The van der Waals surface area contributed by atoms with Crippen LogP contribution in [0.3, 0.4) is 0 Å². The van der Waals surface area contributed by atoms with E-state index in [-0.39, 0.29) is 0 Å². The molecule has 2 aliphatic heterocycles. The number of aliphatic hydroxyl groups is 1. The second-order valence-electron chi connectivity index (χ2n) is 3.74. The number of hydrogen-bond acceptors (Lipinski definition) is 4. The number of nitrogens with zero attached hydrogens (tertiary/aromatic N) is 1. The van der Waals surface area contributed by atoms with Crippen LogP contribution in [0.25, 0.3) is 5.76 Å². The topological polar surface area (TPSA) is 32.7 Å². The number of hydrogen-bond donors (Lipinski definition) is 1. The Labute approximate surface area is 111 Å². The molecule has 2 heterocycles. The van der Waals surface area contributed by atoms with E-state index in [2.05, 4.69) is 0 Å². The fourth-order valence-corrected chi connectivity index (χ4v) is 2.40. The number of benzene rings is 1. The zero-order chi connectivity index (χ0) is 12.8. The molecule has 0 aliphatic carbocycles. The zero-order valence-corrected chi connectivity index (χ0v) is 10.9. The van der Waals surface area contributed by atoms with Crippen LogP contribution in [0.15, 0.2) is 59.9 Å². The van der Waals surface area contributed by atoms with Crippen LogP contribution in [0, 0.1) is 0 Å². The summed E-state index contributed by atoms with van der Waals surface area (Å²) in [7, 11) is 1.91. The van der Waals surface area contributed by atoms with Gasteiger partial charge in [-0.3, -0.25) is 0 Å². The molecule has 4 heteroatoms. The van der Waals surface area contributed by atoms with Crippen molar-refractivity contribution in [1.29, 1.82) is 0 Å². The van der Waals surface area contributed by atoms with Gasteiger partial charge in [-0.15, -0.1) is 0 Å². The highest BCUT2D eigenvalue weighted by Crippen LogP contribution is 2.33. The van der Waals surface area contributed by atoms with Gasteiger partial charge in [-0.1, -0.05) is 24.3 Å². The van der Waals surface area contributed by atoms with E-state index in [4.69, 9.17) is 4.74 Å². The van der Waals surface area contributed by atoms with Gasteiger partial charge in [0.2, 0.25) is 0 Å². The highest BCUT2D eigenvalue weighted by Gasteiger charge is 2.13. The Morgan fingerprint density at radius 3 is 2.72 bits per heavy atom. The summed E-state index contributed by atoms with van der Waals surface area (Å²) in [6.45, 7) is 0.733. The Balaban J connectivity index is 0.000000169. The van der Waals surface area contributed by atoms with Crippen LogP contribution >= 0.6 is 11.9 Å². The van der Waals surface area contributed by atoms with E-state index in [1.807, 2.05) is 53.8 Å². The van der Waals surface area contributed by atoms with E-state index in [0.29, 0.717) is 5.76 Å². The molecule has 94 valence electrons. The molecule has 2 aliphatic rings. The second-order valence-corrected chi connectivity index (χ2v) is 4.94. The van der Waals surface area contributed by atoms with Crippen LogP contribution < -0.4 is 0 Å². The molecule has 0 aromatic heterocycles. The first-order valence-electron chi connectivity index (χ1n) is 5.61. The van der Waals surface area contributed by atoms with E-state index < -0.39 is 0 Å². The van der Waals surface area contributed by atoms with E-state index in [9.17, 15) is 5.11 Å². The minimum atomic E-state index is 0.340. The first kappa shape index (κ1) is 12.6. The second kappa shape index (κ2) is 6.21. The lowest BCUT2D eigenvalue weighted by atomic mass is 10.2. The van der Waals surface area contributed by atoms with Crippen molar-refractivity contribution in [1.82, 2.24) is 4.31 Å². The predicted molar refractivity (Wildman–Crippen MR) is 74.9 cm³/mol. The molecule has 3 nitrogen and oxygen atoms in total. The highest BCUT2D eigenvalue weighted by molar-refractivity contribution is 7.97. The molecular formula is C14H15NO2S. The van der Waals surface area contributed by atoms with Gasteiger partial charge >= 0.3 is 0 Å². The van der Waals surface area contributed by atoms with Crippen LogP contribution in [0.2, 0.25) is 0 Å². The number of ether oxygens (including phenoxy) is 1. The average Bonchev–Trinajstić information content (AvgIpc) is 2.41. The normalized spacial score (nSPS) is 16.1. The minimum absolute atomic E-state index is 0.340. The van der Waals surface area contributed by atoms with Crippen molar-refractivity contribution in [2.75, 3.05) is 13.7 Å². The quantitative estimate of drug-likeness (QED) is 0.724. The number of allylic oxidation sites excluding steroid dienone is 2. The monoisotopic (exact) mass is 261 g/mol. The van der Waals surface area contributed by atoms with Crippen LogP contribution in [-0.2, 0) is 4.74 Å². The Hall–Kier alpha value is -1.81. The minimum Gasteiger partial charge on any atom is -0.506 e. The molecule has 0 saturated heterocycles. The fraction of sp³-hybridized carbons (Fsp3) is 0.143. The first-order valence-corrected chi connectivity index (χ1v) is 6.39. The van der Waals surface area contributed by atoms with Crippen molar-refractivity contribution in [3.05, 3.63) is 60.5 Å². The Kier molecular flexibility index (Phi) is 4.36. The van der Waals surface area contributed by atoms with Gasteiger partial charge in [0, 0.05) is 17.5 Å². The molecule has 1 aromatic carbocycles. The molecule has 0 fully saturated rings. The van der Waals surface area contributed by atoms with Gasteiger partial charge in [-0.05, 0) is 30.2 Å². The third-order valence-electron chi connectivity index (χ3n) is 2.32. The van der Waals surface area contributed by atoms with Crippen LogP contribution in [0.4, 0.5) is 0 Å². The number of aliphatic hydroxyl groups excluding tert-OH is 1. The maximum atomic E-state index is 9.54. The van der Waals surface area contributed by atoms with E-state index in [1.54, 1.807) is 24.4 Å². The van der Waals surface area contributed by atoms with Crippen LogP contribution in [0.1, 0.15) is 5.56 Å². The predicted octanol–water partition coefficient (Wildman–Crippen LogP) is 3.58. The van der Waals surface area contributed by atoms with Gasteiger partial charge in [-0.25, -0.2) is 0 Å². The lowest BCUT2D eigenvalue weighted by Gasteiger charge is -2.20. The molecule has 1 N–H and O–H groups in total. The SMILES string of the molecule is C1=CCOC=C1.CN1C=C(O)c2ccccc2S1. The fourth-order valence-electron chi connectivity index (χ4n) is 1.53. The lowest BCUT2D eigenvalue weighted by molar-refractivity contribution is 0.286. The van der Waals surface area contributed by atoms with Crippen molar-refractivity contribution in [2.24, 2.45) is 0 Å². The highest BCUT2D eigenvalue weighted by atomic mass is 32.2. The van der Waals surface area contributed by atoms with Gasteiger partial charge in [-0.2, -0.15) is 0 Å². The van der Waals surface area contributed by atoms with Gasteiger partial charge < -0.3 is 14.1 Å². The zero-order valence-electron chi connectivity index (χ0n) is 10.1. The van der Waals surface area contributed by atoms with Crippen molar-refractivity contribution in [3.63, 3.8) is 0 Å². The largest absolute Gasteiger partial charge is 0.506 e. The molecular weight excluding hydrogens is 246 g/mol. The first-order chi connectivity index (χ1) is 8.77. The summed E-state index contributed by atoms with van der Waals surface area (Å²) in [5, 5.41) is 9.54.